The number of rotatable bonds is 4. The Hall–Kier alpha value is -0.830. The van der Waals surface area contributed by atoms with Crippen molar-refractivity contribution in [1.29, 1.82) is 0 Å². The molecule has 1 saturated carbocycles. The zero-order valence-electron chi connectivity index (χ0n) is 12.2. The molecule has 0 unspecified atom stereocenters. The number of hydrogen-bond acceptors (Lipinski definition) is 2. The van der Waals surface area contributed by atoms with Gasteiger partial charge in [0, 0.05) is 31.4 Å². The van der Waals surface area contributed by atoms with Crippen molar-refractivity contribution < 1.29 is 0 Å². The third-order valence-electron chi connectivity index (χ3n) is 4.41. The van der Waals surface area contributed by atoms with Crippen LogP contribution in [-0.2, 0) is 13.6 Å². The minimum Gasteiger partial charge on any atom is -0.310 e. The Balaban J connectivity index is 1.77. The van der Waals surface area contributed by atoms with Crippen LogP contribution in [0.15, 0.2) is 6.20 Å². The molecule has 0 amide bonds. The van der Waals surface area contributed by atoms with Crippen LogP contribution in [0.25, 0.3) is 0 Å². The van der Waals surface area contributed by atoms with Crippen molar-refractivity contribution in [1.82, 2.24) is 15.1 Å². The SMILES string of the molecule is Cc1nn(C)cc1CNC1CCC(C(C)C)CC1. The van der Waals surface area contributed by atoms with Crippen LogP contribution in [0, 0.1) is 18.8 Å². The Kier molecular flexibility index (Phi) is 4.44. The second kappa shape index (κ2) is 5.87. The van der Waals surface area contributed by atoms with Gasteiger partial charge >= 0.3 is 0 Å². The first kappa shape index (κ1) is 13.6. The summed E-state index contributed by atoms with van der Waals surface area (Å²) >= 11 is 0. The molecule has 0 bridgehead atoms. The van der Waals surface area contributed by atoms with Crippen molar-refractivity contribution in [3.05, 3.63) is 17.5 Å². The van der Waals surface area contributed by atoms with Gasteiger partial charge in [0.1, 0.15) is 0 Å². The molecule has 0 radical (unpaired) electrons. The minimum absolute atomic E-state index is 0.708. The molecule has 0 atom stereocenters. The van der Waals surface area contributed by atoms with Crippen LogP contribution < -0.4 is 5.32 Å². The summed E-state index contributed by atoms with van der Waals surface area (Å²) in [4.78, 5) is 0. The smallest absolute Gasteiger partial charge is 0.0638 e. The van der Waals surface area contributed by atoms with E-state index >= 15 is 0 Å². The van der Waals surface area contributed by atoms with Gasteiger partial charge in [-0.3, -0.25) is 4.68 Å². The molecule has 1 aromatic rings. The quantitative estimate of drug-likeness (QED) is 0.889. The maximum atomic E-state index is 4.39. The first-order valence-electron chi connectivity index (χ1n) is 7.28. The molecule has 1 N–H and O–H groups in total. The molecular formula is C15H27N3. The highest BCUT2D eigenvalue weighted by Gasteiger charge is 2.22. The number of nitrogens with one attached hydrogen (secondary N) is 1. The van der Waals surface area contributed by atoms with Crippen molar-refractivity contribution >= 4 is 0 Å². The van der Waals surface area contributed by atoms with Gasteiger partial charge in [-0.25, -0.2) is 0 Å². The van der Waals surface area contributed by atoms with Gasteiger partial charge in [-0.15, -0.1) is 0 Å². The van der Waals surface area contributed by atoms with Crippen molar-refractivity contribution in [3.8, 4) is 0 Å². The number of aryl methyl sites for hydroxylation is 2. The number of nitrogens with zero attached hydrogens (tertiary/aromatic N) is 2. The van der Waals surface area contributed by atoms with Gasteiger partial charge in [-0.2, -0.15) is 5.10 Å². The Labute approximate surface area is 111 Å². The summed E-state index contributed by atoms with van der Waals surface area (Å²) in [6.45, 7) is 7.78. The zero-order valence-corrected chi connectivity index (χ0v) is 12.2. The van der Waals surface area contributed by atoms with Crippen molar-refractivity contribution in [2.75, 3.05) is 0 Å². The van der Waals surface area contributed by atoms with Crippen molar-refractivity contribution in [3.63, 3.8) is 0 Å². The first-order valence-corrected chi connectivity index (χ1v) is 7.28. The molecular weight excluding hydrogens is 222 g/mol. The Morgan fingerprint density at radius 1 is 1.33 bits per heavy atom. The number of hydrogen-bond donors (Lipinski definition) is 1. The molecule has 1 fully saturated rings. The third-order valence-corrected chi connectivity index (χ3v) is 4.41. The van der Waals surface area contributed by atoms with E-state index in [4.69, 9.17) is 0 Å². The fourth-order valence-corrected chi connectivity index (χ4v) is 3.07. The van der Waals surface area contributed by atoms with Crippen LogP contribution >= 0.6 is 0 Å². The van der Waals surface area contributed by atoms with Crippen molar-refractivity contribution in [2.24, 2.45) is 18.9 Å². The second-order valence-electron chi connectivity index (χ2n) is 6.15. The summed E-state index contributed by atoms with van der Waals surface area (Å²) in [7, 11) is 1.99. The molecule has 0 saturated heterocycles. The van der Waals surface area contributed by atoms with E-state index in [2.05, 4.69) is 37.4 Å². The predicted molar refractivity (Wildman–Crippen MR) is 75.4 cm³/mol. The van der Waals surface area contributed by atoms with Gasteiger partial charge < -0.3 is 5.32 Å². The maximum Gasteiger partial charge on any atom is 0.0638 e. The first-order chi connectivity index (χ1) is 8.56. The van der Waals surface area contributed by atoms with Crippen LogP contribution in [0.1, 0.15) is 50.8 Å². The van der Waals surface area contributed by atoms with Crippen LogP contribution in [0.4, 0.5) is 0 Å². The van der Waals surface area contributed by atoms with E-state index in [9.17, 15) is 0 Å². The van der Waals surface area contributed by atoms with Crippen LogP contribution in [0.5, 0.6) is 0 Å². The molecule has 0 spiro atoms. The minimum atomic E-state index is 0.708. The van der Waals surface area contributed by atoms with Crippen LogP contribution in [0.2, 0.25) is 0 Å². The summed E-state index contributed by atoms with van der Waals surface area (Å²) in [5, 5.41) is 8.08. The second-order valence-corrected chi connectivity index (χ2v) is 6.15. The lowest BCUT2D eigenvalue weighted by Gasteiger charge is -2.31. The standard InChI is InChI=1S/C15H27N3/c1-11(2)13-5-7-15(8-6-13)16-9-14-10-18(4)17-12(14)3/h10-11,13,15-16H,5-9H2,1-4H3. The fraction of sp³-hybridized carbons (Fsp3) is 0.800. The Bertz CT molecular complexity index is 373. The molecule has 3 heteroatoms. The molecule has 0 aromatic carbocycles. The summed E-state index contributed by atoms with van der Waals surface area (Å²) in [6, 6.07) is 0.708. The molecule has 1 aliphatic carbocycles. The fourth-order valence-electron chi connectivity index (χ4n) is 3.07. The number of aromatic nitrogens is 2. The van der Waals surface area contributed by atoms with Gasteiger partial charge in [-0.05, 0) is 44.4 Å². The summed E-state index contributed by atoms with van der Waals surface area (Å²) in [5.41, 5.74) is 2.49. The Morgan fingerprint density at radius 2 is 2.00 bits per heavy atom. The molecule has 1 heterocycles. The highest BCUT2D eigenvalue weighted by molar-refractivity contribution is 5.14. The lowest BCUT2D eigenvalue weighted by molar-refractivity contribution is 0.238. The van der Waals surface area contributed by atoms with E-state index in [0.717, 1.165) is 24.1 Å². The highest BCUT2D eigenvalue weighted by Crippen LogP contribution is 2.29. The normalized spacial score (nSPS) is 24.7. The van der Waals surface area contributed by atoms with Gasteiger partial charge in [0.25, 0.3) is 0 Å². The highest BCUT2D eigenvalue weighted by atomic mass is 15.2. The van der Waals surface area contributed by atoms with Gasteiger partial charge in [0.05, 0.1) is 5.69 Å². The lowest BCUT2D eigenvalue weighted by Crippen LogP contribution is -2.33. The lowest BCUT2D eigenvalue weighted by atomic mass is 9.80. The topological polar surface area (TPSA) is 29.9 Å². The van der Waals surface area contributed by atoms with Gasteiger partial charge in [0.15, 0.2) is 0 Å². The van der Waals surface area contributed by atoms with E-state index in [1.807, 2.05) is 11.7 Å². The molecule has 102 valence electrons. The van der Waals surface area contributed by atoms with E-state index in [-0.39, 0.29) is 0 Å². The summed E-state index contributed by atoms with van der Waals surface area (Å²) < 4.78 is 1.90. The molecule has 1 aromatic heterocycles. The zero-order chi connectivity index (χ0) is 13.1. The van der Waals surface area contributed by atoms with E-state index in [1.165, 1.54) is 31.2 Å². The molecule has 2 rings (SSSR count). The average molecular weight is 249 g/mol. The largest absolute Gasteiger partial charge is 0.310 e. The molecule has 3 nitrogen and oxygen atoms in total. The maximum absolute atomic E-state index is 4.39. The summed E-state index contributed by atoms with van der Waals surface area (Å²) in [6.07, 6.45) is 7.58. The third kappa shape index (κ3) is 3.35. The van der Waals surface area contributed by atoms with E-state index < -0.39 is 0 Å². The Morgan fingerprint density at radius 3 is 2.50 bits per heavy atom. The van der Waals surface area contributed by atoms with Crippen molar-refractivity contribution in [2.45, 2.75) is 59.0 Å². The monoisotopic (exact) mass is 249 g/mol. The van der Waals surface area contributed by atoms with Gasteiger partial charge in [-0.1, -0.05) is 13.8 Å². The molecule has 18 heavy (non-hydrogen) atoms. The van der Waals surface area contributed by atoms with E-state index in [0.29, 0.717) is 6.04 Å². The van der Waals surface area contributed by atoms with Crippen LogP contribution in [-0.4, -0.2) is 15.8 Å². The van der Waals surface area contributed by atoms with Gasteiger partial charge in [0.2, 0.25) is 0 Å². The molecule has 1 aliphatic rings. The molecule has 0 aliphatic heterocycles. The average Bonchev–Trinajstić information content (AvgIpc) is 2.66. The summed E-state index contributed by atoms with van der Waals surface area (Å²) in [5.74, 6) is 1.80. The van der Waals surface area contributed by atoms with E-state index in [1.54, 1.807) is 0 Å². The predicted octanol–water partition coefficient (Wildman–Crippen LogP) is 3.03. The van der Waals surface area contributed by atoms with Crippen LogP contribution in [0.3, 0.4) is 0 Å².